The van der Waals surface area contributed by atoms with Crippen molar-refractivity contribution in [2.75, 3.05) is 32.6 Å². The number of nitrogens with zero attached hydrogens (tertiary/aromatic N) is 3. The molecule has 0 spiro atoms. The second kappa shape index (κ2) is 7.92. The van der Waals surface area contributed by atoms with Crippen molar-refractivity contribution in [1.82, 2.24) is 15.6 Å². The molecule has 0 aliphatic rings. The Bertz CT molecular complexity index is 372. The van der Waals surface area contributed by atoms with Crippen LogP contribution in [0, 0.1) is 0 Å². The predicted octanol–water partition coefficient (Wildman–Crippen LogP) is 1.67. The van der Waals surface area contributed by atoms with Gasteiger partial charge in [-0.05, 0) is 6.42 Å². The third-order valence-electron chi connectivity index (χ3n) is 2.41. The quantitative estimate of drug-likeness (QED) is 0.469. The molecular weight excluding hydrogens is 246 g/mol. The number of hydrogen-bond donors (Lipinski definition) is 2. The van der Waals surface area contributed by atoms with Crippen LogP contribution in [-0.4, -0.2) is 38.6 Å². The smallest absolute Gasteiger partial charge is 0.191 e. The van der Waals surface area contributed by atoms with Gasteiger partial charge in [-0.3, -0.25) is 4.99 Å². The molecule has 18 heavy (non-hydrogen) atoms. The summed E-state index contributed by atoms with van der Waals surface area (Å²) in [5, 5.41) is 9.64. The topological polar surface area (TPSA) is 52.6 Å². The summed E-state index contributed by atoms with van der Waals surface area (Å²) in [5.41, 5.74) is 1.04. The van der Waals surface area contributed by atoms with Crippen LogP contribution in [0.2, 0.25) is 0 Å². The Balaban J connectivity index is 2.37. The van der Waals surface area contributed by atoms with Gasteiger partial charge in [0.2, 0.25) is 0 Å². The van der Waals surface area contributed by atoms with Crippen molar-refractivity contribution in [2.24, 2.45) is 4.99 Å². The Hall–Kier alpha value is -1.30. The summed E-state index contributed by atoms with van der Waals surface area (Å²) < 4.78 is 0. The lowest BCUT2D eigenvalue weighted by Gasteiger charge is -2.10. The maximum absolute atomic E-state index is 4.51. The maximum atomic E-state index is 4.51. The molecule has 0 aromatic carbocycles. The lowest BCUT2D eigenvalue weighted by atomic mass is 10.3. The Kier molecular flexibility index (Phi) is 6.49. The van der Waals surface area contributed by atoms with E-state index in [-0.39, 0.29) is 0 Å². The van der Waals surface area contributed by atoms with E-state index in [9.17, 15) is 0 Å². The van der Waals surface area contributed by atoms with Crippen molar-refractivity contribution >= 4 is 22.4 Å². The van der Waals surface area contributed by atoms with Crippen molar-refractivity contribution in [3.8, 4) is 0 Å². The number of aliphatic imine (C=N–C) groups is 1. The van der Waals surface area contributed by atoms with E-state index in [1.165, 1.54) is 6.42 Å². The van der Waals surface area contributed by atoms with Gasteiger partial charge in [0.1, 0.15) is 0 Å². The lowest BCUT2D eigenvalue weighted by Crippen LogP contribution is -2.37. The second-order valence-corrected chi connectivity index (χ2v) is 5.06. The Morgan fingerprint density at radius 2 is 2.22 bits per heavy atom. The minimum atomic E-state index is 0.705. The fourth-order valence-electron chi connectivity index (χ4n) is 1.36. The highest BCUT2D eigenvalue weighted by molar-refractivity contribution is 7.13. The average Bonchev–Trinajstić information content (AvgIpc) is 2.82. The number of unbranched alkanes of at least 4 members (excludes halogenated alkanes) is 1. The van der Waals surface area contributed by atoms with Gasteiger partial charge >= 0.3 is 0 Å². The Morgan fingerprint density at radius 3 is 2.78 bits per heavy atom. The van der Waals surface area contributed by atoms with Crippen LogP contribution in [-0.2, 0) is 6.54 Å². The van der Waals surface area contributed by atoms with E-state index >= 15 is 0 Å². The fraction of sp³-hybridized carbons (Fsp3) is 0.667. The van der Waals surface area contributed by atoms with Gasteiger partial charge < -0.3 is 15.5 Å². The molecule has 0 radical (unpaired) electrons. The van der Waals surface area contributed by atoms with E-state index in [1.54, 1.807) is 18.4 Å². The lowest BCUT2D eigenvalue weighted by molar-refractivity contribution is 0.726. The molecule has 1 aromatic heterocycles. The standard InChI is InChI=1S/C12H23N5S/c1-5-6-7-14-11(13-2)15-8-10-9-18-12(16-10)17(3)4/h9H,5-8H2,1-4H3,(H2,13,14,15). The zero-order chi connectivity index (χ0) is 13.4. The van der Waals surface area contributed by atoms with Crippen LogP contribution in [0.1, 0.15) is 25.5 Å². The molecule has 1 rings (SSSR count). The van der Waals surface area contributed by atoms with Gasteiger partial charge in [-0.25, -0.2) is 4.98 Å². The molecule has 102 valence electrons. The molecule has 0 unspecified atom stereocenters. The second-order valence-electron chi connectivity index (χ2n) is 4.22. The fourth-order valence-corrected chi connectivity index (χ4v) is 2.12. The van der Waals surface area contributed by atoms with Crippen LogP contribution in [0.3, 0.4) is 0 Å². The van der Waals surface area contributed by atoms with Crippen molar-refractivity contribution in [2.45, 2.75) is 26.3 Å². The summed E-state index contributed by atoms with van der Waals surface area (Å²) in [6.07, 6.45) is 2.34. The van der Waals surface area contributed by atoms with E-state index in [2.05, 4.69) is 32.9 Å². The summed E-state index contributed by atoms with van der Waals surface area (Å²) in [4.78, 5) is 10.7. The van der Waals surface area contributed by atoms with Crippen molar-refractivity contribution < 1.29 is 0 Å². The van der Waals surface area contributed by atoms with Gasteiger partial charge in [-0.15, -0.1) is 11.3 Å². The monoisotopic (exact) mass is 269 g/mol. The molecule has 0 atom stereocenters. The highest BCUT2D eigenvalue weighted by Gasteiger charge is 2.04. The summed E-state index contributed by atoms with van der Waals surface area (Å²) in [5.74, 6) is 0.836. The van der Waals surface area contributed by atoms with Crippen LogP contribution < -0.4 is 15.5 Å². The molecule has 1 aromatic rings. The normalized spacial score (nSPS) is 11.4. The molecular formula is C12H23N5S. The Labute approximate surface area is 113 Å². The molecule has 0 aliphatic heterocycles. The molecule has 1 heterocycles. The summed E-state index contributed by atoms with van der Waals surface area (Å²) in [6.45, 7) is 3.84. The predicted molar refractivity (Wildman–Crippen MR) is 79.6 cm³/mol. The number of guanidine groups is 1. The maximum Gasteiger partial charge on any atom is 0.191 e. The van der Waals surface area contributed by atoms with Gasteiger partial charge in [-0.2, -0.15) is 0 Å². The minimum Gasteiger partial charge on any atom is -0.356 e. The zero-order valence-electron chi connectivity index (χ0n) is 11.7. The van der Waals surface area contributed by atoms with E-state index in [0.717, 1.165) is 29.8 Å². The highest BCUT2D eigenvalue weighted by atomic mass is 32.1. The third kappa shape index (κ3) is 4.91. The Morgan fingerprint density at radius 1 is 1.44 bits per heavy atom. The molecule has 2 N–H and O–H groups in total. The van der Waals surface area contributed by atoms with Crippen LogP contribution in [0.4, 0.5) is 5.13 Å². The van der Waals surface area contributed by atoms with Crippen LogP contribution in [0.15, 0.2) is 10.4 Å². The van der Waals surface area contributed by atoms with Crippen LogP contribution in [0.25, 0.3) is 0 Å². The first-order chi connectivity index (χ1) is 8.67. The van der Waals surface area contributed by atoms with Gasteiger partial charge in [0, 0.05) is 33.1 Å². The van der Waals surface area contributed by atoms with Crippen molar-refractivity contribution in [3.05, 3.63) is 11.1 Å². The summed E-state index contributed by atoms with van der Waals surface area (Å²) in [7, 11) is 5.79. The first kappa shape index (κ1) is 14.8. The minimum absolute atomic E-state index is 0.705. The van der Waals surface area contributed by atoms with Gasteiger partial charge in [-0.1, -0.05) is 13.3 Å². The summed E-state index contributed by atoms with van der Waals surface area (Å²) >= 11 is 1.65. The van der Waals surface area contributed by atoms with E-state index in [0.29, 0.717) is 6.54 Å². The number of aromatic nitrogens is 1. The highest BCUT2D eigenvalue weighted by Crippen LogP contribution is 2.17. The van der Waals surface area contributed by atoms with Crippen molar-refractivity contribution in [1.29, 1.82) is 0 Å². The molecule has 5 nitrogen and oxygen atoms in total. The van der Waals surface area contributed by atoms with Crippen molar-refractivity contribution in [3.63, 3.8) is 0 Å². The first-order valence-electron chi connectivity index (χ1n) is 6.23. The molecule has 0 saturated carbocycles. The van der Waals surface area contributed by atoms with E-state index in [1.807, 2.05) is 19.0 Å². The molecule has 0 aliphatic carbocycles. The van der Waals surface area contributed by atoms with E-state index in [4.69, 9.17) is 0 Å². The van der Waals surface area contributed by atoms with Crippen LogP contribution >= 0.6 is 11.3 Å². The van der Waals surface area contributed by atoms with Gasteiger partial charge in [0.15, 0.2) is 11.1 Å². The number of hydrogen-bond acceptors (Lipinski definition) is 4. The first-order valence-corrected chi connectivity index (χ1v) is 7.11. The molecule has 0 bridgehead atoms. The average molecular weight is 269 g/mol. The zero-order valence-corrected chi connectivity index (χ0v) is 12.5. The van der Waals surface area contributed by atoms with E-state index < -0.39 is 0 Å². The molecule has 0 saturated heterocycles. The number of thiazole rings is 1. The van der Waals surface area contributed by atoms with Gasteiger partial charge in [0.05, 0.1) is 12.2 Å². The summed E-state index contributed by atoms with van der Waals surface area (Å²) in [6, 6.07) is 0. The number of nitrogens with one attached hydrogen (secondary N) is 2. The number of rotatable bonds is 6. The third-order valence-corrected chi connectivity index (χ3v) is 3.46. The SMILES string of the molecule is CCCCNC(=NC)NCc1csc(N(C)C)n1. The molecule has 0 fully saturated rings. The van der Waals surface area contributed by atoms with Gasteiger partial charge in [0.25, 0.3) is 0 Å². The van der Waals surface area contributed by atoms with Crippen LogP contribution in [0.5, 0.6) is 0 Å². The molecule has 0 amide bonds. The largest absolute Gasteiger partial charge is 0.356 e. The number of anilines is 1. The molecule has 6 heteroatoms.